The van der Waals surface area contributed by atoms with Gasteiger partial charge in [0.15, 0.2) is 0 Å². The minimum atomic E-state index is -2.87. The van der Waals surface area contributed by atoms with Gasteiger partial charge >= 0.3 is 6.61 Å². The largest absolute Gasteiger partial charge is 0.435 e. The van der Waals surface area contributed by atoms with Crippen LogP contribution in [-0.4, -0.2) is 16.2 Å². The molecule has 0 fully saturated rings. The molecule has 0 radical (unpaired) electrons. The number of rotatable bonds is 5. The highest BCUT2D eigenvalue weighted by Crippen LogP contribution is 2.19. The Morgan fingerprint density at radius 2 is 1.68 bits per heavy atom. The molecule has 4 nitrogen and oxygen atoms in total. The van der Waals surface area contributed by atoms with Gasteiger partial charge in [-0.1, -0.05) is 36.4 Å². The Kier molecular flexibility index (Phi) is 5.62. The zero-order chi connectivity index (χ0) is 22.0. The van der Waals surface area contributed by atoms with Crippen LogP contribution in [0.3, 0.4) is 0 Å². The molecular weight excluding hydrogens is 398 g/mol. The summed E-state index contributed by atoms with van der Waals surface area (Å²) in [7, 11) is 0. The van der Waals surface area contributed by atoms with Gasteiger partial charge in [-0.3, -0.25) is 9.36 Å². The van der Waals surface area contributed by atoms with Gasteiger partial charge in [0.2, 0.25) is 0 Å². The summed E-state index contributed by atoms with van der Waals surface area (Å²) < 4.78 is 30.6. The average molecular weight is 418 g/mol. The van der Waals surface area contributed by atoms with E-state index in [1.807, 2.05) is 44.2 Å². The van der Waals surface area contributed by atoms with E-state index in [4.69, 9.17) is 0 Å². The molecule has 31 heavy (non-hydrogen) atoms. The number of hydrogen-bond donors (Lipinski definition) is 0. The van der Waals surface area contributed by atoms with Gasteiger partial charge in [-0.2, -0.15) is 8.78 Å². The molecule has 0 saturated heterocycles. The third kappa shape index (κ3) is 4.38. The van der Waals surface area contributed by atoms with E-state index in [1.54, 1.807) is 41.0 Å². The van der Waals surface area contributed by atoms with E-state index in [2.05, 4.69) is 9.72 Å². The predicted octanol–water partition coefficient (Wildman–Crippen LogP) is 5.77. The number of aromatic nitrogens is 2. The van der Waals surface area contributed by atoms with E-state index in [0.717, 1.165) is 22.4 Å². The number of aryl methyl sites for hydroxylation is 2. The summed E-state index contributed by atoms with van der Waals surface area (Å²) in [5.74, 6) is 0.558. The number of ether oxygens (including phenoxy) is 1. The zero-order valence-electron chi connectivity index (χ0n) is 17.0. The van der Waals surface area contributed by atoms with Crippen molar-refractivity contribution in [3.8, 4) is 11.4 Å². The van der Waals surface area contributed by atoms with Crippen LogP contribution in [0.15, 0.2) is 71.5 Å². The van der Waals surface area contributed by atoms with Crippen LogP contribution >= 0.6 is 0 Å². The molecule has 0 aliphatic heterocycles. The lowest BCUT2D eigenvalue weighted by atomic mass is 10.1. The van der Waals surface area contributed by atoms with Crippen molar-refractivity contribution < 1.29 is 13.5 Å². The van der Waals surface area contributed by atoms with Gasteiger partial charge in [0, 0.05) is 0 Å². The number of fused-ring (bicyclic) bond motifs is 1. The molecule has 4 rings (SSSR count). The van der Waals surface area contributed by atoms with Gasteiger partial charge in [0.1, 0.15) is 11.6 Å². The fourth-order valence-corrected chi connectivity index (χ4v) is 3.31. The maximum absolute atomic E-state index is 13.3. The van der Waals surface area contributed by atoms with Gasteiger partial charge in [-0.25, -0.2) is 4.98 Å². The Balaban J connectivity index is 1.81. The summed E-state index contributed by atoms with van der Waals surface area (Å²) in [6.07, 6.45) is 3.52. The van der Waals surface area contributed by atoms with Crippen molar-refractivity contribution in [3.05, 3.63) is 99.6 Å². The highest BCUT2D eigenvalue weighted by molar-refractivity contribution is 5.80. The summed E-state index contributed by atoms with van der Waals surface area (Å²) in [4.78, 5) is 18.0. The molecule has 0 amide bonds. The van der Waals surface area contributed by atoms with Crippen LogP contribution < -0.4 is 10.3 Å². The standard InChI is InChI=1S/C25H20F2N2O2/c1-16-7-11-19(15-17(16)2)29-23(28-22-6-4-3-5-21(22)24(29)30)14-10-18-8-12-20(13-9-18)31-25(26)27/h3-15,25H,1-2H3. The molecule has 0 bridgehead atoms. The van der Waals surface area contributed by atoms with Crippen molar-refractivity contribution in [1.82, 2.24) is 9.55 Å². The first kappa shape index (κ1) is 20.5. The Morgan fingerprint density at radius 1 is 0.935 bits per heavy atom. The molecule has 0 N–H and O–H groups in total. The van der Waals surface area contributed by atoms with Gasteiger partial charge in [0.05, 0.1) is 16.6 Å². The molecule has 1 aromatic heterocycles. The monoisotopic (exact) mass is 418 g/mol. The van der Waals surface area contributed by atoms with Crippen LogP contribution in [0.25, 0.3) is 28.7 Å². The Labute approximate surface area is 178 Å². The SMILES string of the molecule is Cc1ccc(-n2c(C=Cc3ccc(OC(F)F)cc3)nc3ccccc3c2=O)cc1C. The Bertz CT molecular complexity index is 1330. The molecule has 0 aliphatic carbocycles. The lowest BCUT2D eigenvalue weighted by molar-refractivity contribution is -0.0498. The molecule has 0 aliphatic rings. The summed E-state index contributed by atoms with van der Waals surface area (Å²) in [6, 6.07) is 19.3. The highest BCUT2D eigenvalue weighted by Gasteiger charge is 2.11. The number of nitrogens with zero attached hydrogens (tertiary/aromatic N) is 2. The smallest absolute Gasteiger partial charge is 0.387 e. The Morgan fingerprint density at radius 3 is 2.39 bits per heavy atom. The lowest BCUT2D eigenvalue weighted by Crippen LogP contribution is -2.22. The van der Waals surface area contributed by atoms with Gasteiger partial charge in [-0.05, 0) is 73.0 Å². The minimum Gasteiger partial charge on any atom is -0.435 e. The van der Waals surface area contributed by atoms with Crippen molar-refractivity contribution in [2.24, 2.45) is 0 Å². The third-order valence-electron chi connectivity index (χ3n) is 5.08. The fraction of sp³-hybridized carbons (Fsp3) is 0.120. The molecule has 0 spiro atoms. The molecule has 3 aromatic carbocycles. The first-order chi connectivity index (χ1) is 14.9. The van der Waals surface area contributed by atoms with E-state index in [0.29, 0.717) is 16.7 Å². The number of hydrogen-bond acceptors (Lipinski definition) is 3. The van der Waals surface area contributed by atoms with Crippen LogP contribution in [0, 0.1) is 13.8 Å². The van der Waals surface area contributed by atoms with Crippen LogP contribution in [0.2, 0.25) is 0 Å². The molecule has 4 aromatic rings. The second-order valence-electron chi connectivity index (χ2n) is 7.18. The van der Waals surface area contributed by atoms with E-state index in [1.165, 1.54) is 12.1 Å². The van der Waals surface area contributed by atoms with Crippen molar-refractivity contribution in [1.29, 1.82) is 0 Å². The maximum atomic E-state index is 13.3. The lowest BCUT2D eigenvalue weighted by Gasteiger charge is -2.13. The fourth-order valence-electron chi connectivity index (χ4n) is 3.31. The van der Waals surface area contributed by atoms with Crippen molar-refractivity contribution in [3.63, 3.8) is 0 Å². The second-order valence-corrected chi connectivity index (χ2v) is 7.18. The maximum Gasteiger partial charge on any atom is 0.387 e. The summed E-state index contributed by atoms with van der Waals surface area (Å²) in [5.41, 5.74) is 4.14. The molecular formula is C25H20F2N2O2. The van der Waals surface area contributed by atoms with E-state index in [-0.39, 0.29) is 11.3 Å². The minimum absolute atomic E-state index is 0.0861. The van der Waals surface area contributed by atoms with E-state index < -0.39 is 6.61 Å². The number of benzene rings is 3. The van der Waals surface area contributed by atoms with Gasteiger partial charge in [0.25, 0.3) is 5.56 Å². The number of para-hydroxylation sites is 1. The van der Waals surface area contributed by atoms with Crippen LogP contribution in [-0.2, 0) is 0 Å². The quantitative estimate of drug-likeness (QED) is 0.413. The topological polar surface area (TPSA) is 44.1 Å². The van der Waals surface area contributed by atoms with E-state index in [9.17, 15) is 13.6 Å². The summed E-state index contributed by atoms with van der Waals surface area (Å²) in [5, 5.41) is 0.534. The second kappa shape index (κ2) is 8.52. The molecule has 0 atom stereocenters. The van der Waals surface area contributed by atoms with Crippen molar-refractivity contribution >= 4 is 23.1 Å². The first-order valence-corrected chi connectivity index (χ1v) is 9.75. The number of halogens is 2. The van der Waals surface area contributed by atoms with Crippen molar-refractivity contribution in [2.75, 3.05) is 0 Å². The van der Waals surface area contributed by atoms with Gasteiger partial charge in [-0.15, -0.1) is 0 Å². The van der Waals surface area contributed by atoms with Crippen molar-refractivity contribution in [2.45, 2.75) is 20.5 Å². The van der Waals surface area contributed by atoms with Crippen LogP contribution in [0.4, 0.5) is 8.78 Å². The summed E-state index contributed by atoms with van der Waals surface area (Å²) >= 11 is 0. The van der Waals surface area contributed by atoms with E-state index >= 15 is 0 Å². The number of alkyl halides is 2. The predicted molar refractivity (Wildman–Crippen MR) is 119 cm³/mol. The van der Waals surface area contributed by atoms with Gasteiger partial charge < -0.3 is 4.74 Å². The Hall–Kier alpha value is -3.80. The molecule has 0 saturated carbocycles. The summed E-state index contributed by atoms with van der Waals surface area (Å²) in [6.45, 7) is 1.15. The highest BCUT2D eigenvalue weighted by atomic mass is 19.3. The molecule has 0 unspecified atom stereocenters. The first-order valence-electron chi connectivity index (χ1n) is 9.75. The zero-order valence-corrected chi connectivity index (χ0v) is 17.0. The normalized spacial score (nSPS) is 11.5. The molecule has 1 heterocycles. The third-order valence-corrected chi connectivity index (χ3v) is 5.08. The average Bonchev–Trinajstić information content (AvgIpc) is 2.75. The molecule has 6 heteroatoms. The van der Waals surface area contributed by atoms with Crippen LogP contribution in [0.5, 0.6) is 5.75 Å². The van der Waals surface area contributed by atoms with Crippen LogP contribution in [0.1, 0.15) is 22.5 Å². The molecule has 156 valence electrons.